The Morgan fingerprint density at radius 2 is 1.82 bits per heavy atom. The Balaban J connectivity index is 2.08. The van der Waals surface area contributed by atoms with E-state index in [9.17, 15) is 4.79 Å². The normalized spacial score (nSPS) is 10.1. The molecule has 0 unspecified atom stereocenters. The van der Waals surface area contributed by atoms with Crippen molar-refractivity contribution >= 4 is 17.3 Å². The minimum atomic E-state index is -0.0971. The summed E-state index contributed by atoms with van der Waals surface area (Å²) < 4.78 is 10.4. The van der Waals surface area contributed by atoms with Gasteiger partial charge < -0.3 is 20.5 Å². The number of nitrogen functional groups attached to an aromatic ring is 1. The molecule has 3 N–H and O–H groups in total. The van der Waals surface area contributed by atoms with Crippen LogP contribution in [0.1, 0.15) is 11.1 Å². The first-order valence-electron chi connectivity index (χ1n) is 6.90. The summed E-state index contributed by atoms with van der Waals surface area (Å²) >= 11 is 0. The van der Waals surface area contributed by atoms with E-state index in [0.29, 0.717) is 17.2 Å². The van der Waals surface area contributed by atoms with Crippen molar-refractivity contribution in [1.29, 1.82) is 0 Å². The molecule has 0 saturated carbocycles. The summed E-state index contributed by atoms with van der Waals surface area (Å²) in [5, 5.41) is 2.89. The van der Waals surface area contributed by atoms with Crippen molar-refractivity contribution in [2.75, 3.05) is 25.3 Å². The summed E-state index contributed by atoms with van der Waals surface area (Å²) in [6, 6.07) is 10.8. The van der Waals surface area contributed by atoms with Crippen LogP contribution in [0.25, 0.3) is 0 Å². The quantitative estimate of drug-likeness (QED) is 0.833. The van der Waals surface area contributed by atoms with Gasteiger partial charge in [-0.1, -0.05) is 6.07 Å². The second kappa shape index (κ2) is 6.85. The third-order valence-corrected chi connectivity index (χ3v) is 3.34. The van der Waals surface area contributed by atoms with E-state index >= 15 is 0 Å². The molecule has 0 aliphatic heterocycles. The highest BCUT2D eigenvalue weighted by molar-refractivity contribution is 5.93. The van der Waals surface area contributed by atoms with Crippen LogP contribution in [0, 0.1) is 6.92 Å². The maximum Gasteiger partial charge on any atom is 0.228 e. The average molecular weight is 300 g/mol. The molecule has 0 saturated heterocycles. The molecule has 2 rings (SSSR count). The van der Waals surface area contributed by atoms with Crippen molar-refractivity contribution in [1.82, 2.24) is 0 Å². The van der Waals surface area contributed by atoms with Crippen molar-refractivity contribution in [2.24, 2.45) is 0 Å². The fourth-order valence-corrected chi connectivity index (χ4v) is 2.20. The molecule has 0 aliphatic rings. The van der Waals surface area contributed by atoms with Crippen molar-refractivity contribution in [3.05, 3.63) is 47.5 Å². The Labute approximate surface area is 130 Å². The molecule has 0 atom stereocenters. The summed E-state index contributed by atoms with van der Waals surface area (Å²) in [7, 11) is 3.15. The van der Waals surface area contributed by atoms with E-state index in [1.165, 1.54) is 0 Å². The standard InChI is InChI=1S/C17H20N2O3/c1-11-8-13(18)5-6-14(11)19-17(20)10-12-4-7-15(21-2)16(9-12)22-3/h4-9H,10,18H2,1-3H3,(H,19,20). The Morgan fingerprint density at radius 3 is 2.45 bits per heavy atom. The lowest BCUT2D eigenvalue weighted by Gasteiger charge is -2.11. The number of ether oxygens (including phenoxy) is 2. The second-order valence-electron chi connectivity index (χ2n) is 4.99. The van der Waals surface area contributed by atoms with E-state index in [-0.39, 0.29) is 12.3 Å². The molecular weight excluding hydrogens is 280 g/mol. The Bertz CT molecular complexity index is 684. The first-order chi connectivity index (χ1) is 10.5. The van der Waals surface area contributed by atoms with Crippen LogP contribution < -0.4 is 20.5 Å². The zero-order valence-corrected chi connectivity index (χ0v) is 13.0. The molecule has 0 heterocycles. The van der Waals surface area contributed by atoms with E-state index in [0.717, 1.165) is 16.8 Å². The van der Waals surface area contributed by atoms with E-state index in [1.807, 2.05) is 19.1 Å². The van der Waals surface area contributed by atoms with Crippen LogP contribution in [-0.4, -0.2) is 20.1 Å². The van der Waals surface area contributed by atoms with E-state index in [4.69, 9.17) is 15.2 Å². The van der Waals surface area contributed by atoms with Crippen LogP contribution in [-0.2, 0) is 11.2 Å². The summed E-state index contributed by atoms with van der Waals surface area (Å²) in [6.45, 7) is 1.91. The third kappa shape index (κ3) is 3.69. The summed E-state index contributed by atoms with van der Waals surface area (Å²) in [5.74, 6) is 1.15. The van der Waals surface area contributed by atoms with Crippen LogP contribution in [0.2, 0.25) is 0 Å². The highest BCUT2D eigenvalue weighted by Crippen LogP contribution is 2.28. The first-order valence-corrected chi connectivity index (χ1v) is 6.90. The van der Waals surface area contributed by atoms with Crippen molar-refractivity contribution < 1.29 is 14.3 Å². The number of carbonyl (C=O) groups excluding carboxylic acids is 1. The lowest BCUT2D eigenvalue weighted by atomic mass is 10.1. The number of rotatable bonds is 5. The number of hydrogen-bond acceptors (Lipinski definition) is 4. The van der Waals surface area contributed by atoms with Crippen molar-refractivity contribution in [3.63, 3.8) is 0 Å². The number of methoxy groups -OCH3 is 2. The van der Waals surface area contributed by atoms with Crippen molar-refractivity contribution in [2.45, 2.75) is 13.3 Å². The van der Waals surface area contributed by atoms with Gasteiger partial charge in [-0.15, -0.1) is 0 Å². The van der Waals surface area contributed by atoms with Gasteiger partial charge in [0.2, 0.25) is 5.91 Å². The smallest absolute Gasteiger partial charge is 0.228 e. The van der Waals surface area contributed by atoms with Crippen LogP contribution in [0.4, 0.5) is 11.4 Å². The number of nitrogens with one attached hydrogen (secondary N) is 1. The zero-order valence-electron chi connectivity index (χ0n) is 13.0. The maximum atomic E-state index is 12.2. The molecule has 22 heavy (non-hydrogen) atoms. The van der Waals surface area contributed by atoms with Crippen LogP contribution >= 0.6 is 0 Å². The van der Waals surface area contributed by atoms with E-state index in [1.54, 1.807) is 38.5 Å². The molecule has 116 valence electrons. The lowest BCUT2D eigenvalue weighted by molar-refractivity contribution is -0.115. The molecule has 0 spiro atoms. The topological polar surface area (TPSA) is 73.6 Å². The number of benzene rings is 2. The number of amides is 1. The minimum Gasteiger partial charge on any atom is -0.493 e. The summed E-state index contributed by atoms with van der Waals surface area (Å²) in [6.07, 6.45) is 0.254. The summed E-state index contributed by atoms with van der Waals surface area (Å²) in [4.78, 5) is 12.2. The molecule has 5 heteroatoms. The number of anilines is 2. The van der Waals surface area contributed by atoms with Crippen LogP contribution in [0.5, 0.6) is 11.5 Å². The van der Waals surface area contributed by atoms with Gasteiger partial charge in [-0.25, -0.2) is 0 Å². The second-order valence-corrected chi connectivity index (χ2v) is 4.99. The van der Waals surface area contributed by atoms with Crippen molar-refractivity contribution in [3.8, 4) is 11.5 Å². The molecule has 1 amide bonds. The monoisotopic (exact) mass is 300 g/mol. The maximum absolute atomic E-state index is 12.2. The Hall–Kier alpha value is -2.69. The molecule has 0 fully saturated rings. The average Bonchev–Trinajstić information content (AvgIpc) is 2.50. The summed E-state index contributed by atoms with van der Waals surface area (Å²) in [5.41, 5.74) is 8.92. The van der Waals surface area contributed by atoms with Gasteiger partial charge >= 0.3 is 0 Å². The highest BCUT2D eigenvalue weighted by atomic mass is 16.5. The first kappa shape index (κ1) is 15.7. The number of hydrogen-bond donors (Lipinski definition) is 2. The van der Waals surface area contributed by atoms with Gasteiger partial charge in [-0.05, 0) is 48.4 Å². The van der Waals surface area contributed by atoms with E-state index < -0.39 is 0 Å². The fraction of sp³-hybridized carbons (Fsp3) is 0.235. The van der Waals surface area contributed by atoms with Gasteiger partial charge in [0.05, 0.1) is 20.6 Å². The van der Waals surface area contributed by atoms with Crippen LogP contribution in [0.15, 0.2) is 36.4 Å². The van der Waals surface area contributed by atoms with Gasteiger partial charge in [-0.2, -0.15) is 0 Å². The van der Waals surface area contributed by atoms with Gasteiger partial charge in [-0.3, -0.25) is 4.79 Å². The molecule has 2 aromatic carbocycles. The molecule has 0 aromatic heterocycles. The SMILES string of the molecule is COc1ccc(CC(=O)Nc2ccc(N)cc2C)cc1OC. The van der Waals surface area contributed by atoms with Gasteiger partial charge in [0.15, 0.2) is 11.5 Å². The van der Waals surface area contributed by atoms with Gasteiger partial charge in [0.25, 0.3) is 0 Å². The third-order valence-electron chi connectivity index (χ3n) is 3.34. The Morgan fingerprint density at radius 1 is 1.09 bits per heavy atom. The van der Waals surface area contributed by atoms with Crippen LogP contribution in [0.3, 0.4) is 0 Å². The molecule has 0 bridgehead atoms. The molecule has 0 radical (unpaired) electrons. The molecule has 5 nitrogen and oxygen atoms in total. The predicted octanol–water partition coefficient (Wildman–Crippen LogP) is 2.78. The Kier molecular flexibility index (Phi) is 4.88. The van der Waals surface area contributed by atoms with Gasteiger partial charge in [0, 0.05) is 11.4 Å². The highest BCUT2D eigenvalue weighted by Gasteiger charge is 2.09. The number of carbonyl (C=O) groups is 1. The largest absolute Gasteiger partial charge is 0.493 e. The minimum absolute atomic E-state index is 0.0971. The predicted molar refractivity (Wildman–Crippen MR) is 87.5 cm³/mol. The number of nitrogens with two attached hydrogens (primary N) is 1. The van der Waals surface area contributed by atoms with E-state index in [2.05, 4.69) is 5.32 Å². The number of aryl methyl sites for hydroxylation is 1. The zero-order chi connectivity index (χ0) is 16.1. The molecular formula is C17H20N2O3. The lowest BCUT2D eigenvalue weighted by Crippen LogP contribution is -2.15. The van der Waals surface area contributed by atoms with Gasteiger partial charge in [0.1, 0.15) is 0 Å². The molecule has 2 aromatic rings. The fourth-order valence-electron chi connectivity index (χ4n) is 2.20. The molecule has 0 aliphatic carbocycles.